The molecule has 1 aliphatic heterocycles. The maximum atomic E-state index is 12.0. The first-order valence-electron chi connectivity index (χ1n) is 10.6. The summed E-state index contributed by atoms with van der Waals surface area (Å²) in [6.45, 7) is 6.90. The summed E-state index contributed by atoms with van der Waals surface area (Å²) in [7, 11) is 0. The minimum Gasteiger partial charge on any atom is -0.379 e. The number of hydrogen-bond acceptors (Lipinski definition) is 8. The fourth-order valence-corrected chi connectivity index (χ4v) is 3.33. The van der Waals surface area contributed by atoms with Crippen LogP contribution in [0.5, 0.6) is 0 Å². The standard InChI is InChI=1S/C23H25N7O3/c1-17-13-21(28-33-17)30(22(24)31)20-4-2-3-18(14-20)5-6-19-15-26-23(27-16-19)25-7-8-29-9-11-32-12-10-29/h2-4,13-16H,7-12H2,1H3,(H2,24,31)(H,25,26,27). The molecule has 3 N–H and O–H groups in total. The molecule has 1 fully saturated rings. The van der Waals surface area contributed by atoms with Crippen LogP contribution in [0.15, 0.2) is 47.2 Å². The van der Waals surface area contributed by atoms with Gasteiger partial charge in [0.05, 0.1) is 24.5 Å². The van der Waals surface area contributed by atoms with E-state index in [-0.39, 0.29) is 0 Å². The van der Waals surface area contributed by atoms with Crippen LogP contribution in [0.25, 0.3) is 0 Å². The van der Waals surface area contributed by atoms with E-state index < -0.39 is 6.03 Å². The fraction of sp³-hybridized carbons (Fsp3) is 0.304. The van der Waals surface area contributed by atoms with Crippen molar-refractivity contribution in [3.63, 3.8) is 0 Å². The predicted octanol–water partition coefficient (Wildman–Crippen LogP) is 2.13. The Bertz CT molecular complexity index is 1140. The maximum Gasteiger partial charge on any atom is 0.325 e. The first-order valence-corrected chi connectivity index (χ1v) is 10.6. The third kappa shape index (κ3) is 6.06. The zero-order chi connectivity index (χ0) is 23.0. The molecule has 0 radical (unpaired) electrons. The molecule has 1 aliphatic rings. The van der Waals surface area contributed by atoms with Crippen molar-refractivity contribution in [3.05, 3.63) is 59.6 Å². The van der Waals surface area contributed by atoms with Crippen molar-refractivity contribution in [2.24, 2.45) is 5.73 Å². The number of carbonyl (C=O) groups is 1. The number of urea groups is 1. The third-order valence-electron chi connectivity index (χ3n) is 4.99. The number of amides is 2. The lowest BCUT2D eigenvalue weighted by atomic mass is 10.2. The lowest BCUT2D eigenvalue weighted by Crippen LogP contribution is -2.39. The molecule has 2 amide bonds. The third-order valence-corrected chi connectivity index (χ3v) is 4.99. The molecule has 3 aromatic rings. The average molecular weight is 447 g/mol. The van der Waals surface area contributed by atoms with Crippen molar-refractivity contribution >= 4 is 23.5 Å². The molecule has 2 aromatic heterocycles. The van der Waals surface area contributed by atoms with E-state index in [1.165, 1.54) is 4.90 Å². The number of nitrogens with zero attached hydrogens (tertiary/aromatic N) is 5. The maximum absolute atomic E-state index is 12.0. The number of aryl methyl sites for hydroxylation is 1. The van der Waals surface area contributed by atoms with Crippen LogP contribution in [0.4, 0.5) is 22.2 Å². The molecular formula is C23H25N7O3. The predicted molar refractivity (Wildman–Crippen MR) is 123 cm³/mol. The largest absolute Gasteiger partial charge is 0.379 e. The summed E-state index contributed by atoms with van der Waals surface area (Å²) < 4.78 is 10.4. The van der Waals surface area contributed by atoms with E-state index in [4.69, 9.17) is 15.0 Å². The van der Waals surface area contributed by atoms with E-state index in [2.05, 4.69) is 37.2 Å². The quantitative estimate of drug-likeness (QED) is 0.551. The molecule has 1 saturated heterocycles. The number of carbonyl (C=O) groups excluding carboxylic acids is 1. The SMILES string of the molecule is Cc1cc(N(C(N)=O)c2cccc(C#Cc3cnc(NCCN4CCOCC4)nc3)c2)no1. The summed E-state index contributed by atoms with van der Waals surface area (Å²) in [5.41, 5.74) is 7.47. The van der Waals surface area contributed by atoms with Gasteiger partial charge in [-0.05, 0) is 25.1 Å². The van der Waals surface area contributed by atoms with E-state index in [9.17, 15) is 4.79 Å². The molecule has 170 valence electrons. The van der Waals surface area contributed by atoms with E-state index >= 15 is 0 Å². The highest BCUT2D eigenvalue weighted by Gasteiger charge is 2.19. The van der Waals surface area contributed by atoms with Crippen LogP contribution < -0.4 is 16.0 Å². The van der Waals surface area contributed by atoms with Gasteiger partial charge in [0.1, 0.15) is 5.76 Å². The molecule has 1 aromatic carbocycles. The molecule has 0 unspecified atom stereocenters. The van der Waals surface area contributed by atoms with E-state index in [0.717, 1.165) is 39.4 Å². The topological polar surface area (TPSA) is 123 Å². The van der Waals surface area contributed by atoms with Crippen LogP contribution >= 0.6 is 0 Å². The lowest BCUT2D eigenvalue weighted by molar-refractivity contribution is 0.0398. The van der Waals surface area contributed by atoms with Gasteiger partial charge in [-0.1, -0.05) is 23.1 Å². The minimum atomic E-state index is -0.668. The molecule has 0 bridgehead atoms. The number of rotatable bonds is 6. The summed E-state index contributed by atoms with van der Waals surface area (Å²) in [6, 6.07) is 8.10. The minimum absolute atomic E-state index is 0.315. The number of morpholine rings is 1. The zero-order valence-corrected chi connectivity index (χ0v) is 18.3. The fourth-order valence-electron chi connectivity index (χ4n) is 3.33. The van der Waals surface area contributed by atoms with Gasteiger partial charge < -0.3 is 20.3 Å². The van der Waals surface area contributed by atoms with Gasteiger partial charge in [0.25, 0.3) is 0 Å². The molecule has 0 atom stereocenters. The molecule has 33 heavy (non-hydrogen) atoms. The zero-order valence-electron chi connectivity index (χ0n) is 18.3. The summed E-state index contributed by atoms with van der Waals surface area (Å²) in [6.07, 6.45) is 3.35. The number of aromatic nitrogens is 3. The molecule has 0 saturated carbocycles. The van der Waals surface area contributed by atoms with Gasteiger partial charge in [-0.15, -0.1) is 0 Å². The smallest absolute Gasteiger partial charge is 0.325 e. The van der Waals surface area contributed by atoms with Crippen LogP contribution in [-0.2, 0) is 4.74 Å². The van der Waals surface area contributed by atoms with Crippen LogP contribution in [0, 0.1) is 18.8 Å². The second kappa shape index (κ2) is 10.6. The van der Waals surface area contributed by atoms with Crippen LogP contribution in [0.2, 0.25) is 0 Å². The van der Waals surface area contributed by atoms with Gasteiger partial charge in [-0.25, -0.2) is 19.7 Å². The van der Waals surface area contributed by atoms with Gasteiger partial charge in [0, 0.05) is 50.2 Å². The number of benzene rings is 1. The van der Waals surface area contributed by atoms with Crippen LogP contribution in [0.3, 0.4) is 0 Å². The highest BCUT2D eigenvalue weighted by molar-refractivity contribution is 5.97. The summed E-state index contributed by atoms with van der Waals surface area (Å²) in [5, 5.41) is 7.10. The van der Waals surface area contributed by atoms with Crippen molar-refractivity contribution in [2.75, 3.05) is 49.6 Å². The van der Waals surface area contributed by atoms with Crippen LogP contribution in [0.1, 0.15) is 16.9 Å². The van der Waals surface area contributed by atoms with E-state index in [1.807, 2.05) is 6.07 Å². The Balaban J connectivity index is 1.39. The Morgan fingerprint density at radius 3 is 2.64 bits per heavy atom. The highest BCUT2D eigenvalue weighted by atomic mass is 16.5. The molecule has 10 heteroatoms. The van der Waals surface area contributed by atoms with Crippen molar-refractivity contribution in [1.29, 1.82) is 0 Å². The number of primary amides is 1. The first-order chi connectivity index (χ1) is 16.1. The Hall–Kier alpha value is -3.94. The van der Waals surface area contributed by atoms with Crippen LogP contribution in [-0.4, -0.2) is 65.4 Å². The Kier molecular flexibility index (Phi) is 7.14. The molecular weight excluding hydrogens is 422 g/mol. The molecule has 0 aliphatic carbocycles. The molecule has 0 spiro atoms. The van der Waals surface area contributed by atoms with Gasteiger partial charge >= 0.3 is 6.03 Å². The monoisotopic (exact) mass is 447 g/mol. The first kappa shape index (κ1) is 22.3. The van der Waals surface area contributed by atoms with Crippen molar-refractivity contribution in [1.82, 2.24) is 20.0 Å². The second-order valence-corrected chi connectivity index (χ2v) is 7.45. The normalized spacial score (nSPS) is 13.7. The number of hydrogen-bond donors (Lipinski definition) is 2. The molecule has 10 nitrogen and oxygen atoms in total. The number of nitrogens with one attached hydrogen (secondary N) is 1. The van der Waals surface area contributed by atoms with Crippen molar-refractivity contribution in [3.8, 4) is 11.8 Å². The summed E-state index contributed by atoms with van der Waals surface area (Å²) in [5.74, 6) is 7.56. The highest BCUT2D eigenvalue weighted by Crippen LogP contribution is 2.25. The Morgan fingerprint density at radius 2 is 1.94 bits per heavy atom. The lowest BCUT2D eigenvalue weighted by Gasteiger charge is -2.26. The average Bonchev–Trinajstić information content (AvgIpc) is 3.25. The number of anilines is 3. The Labute approximate surface area is 191 Å². The van der Waals surface area contributed by atoms with Crippen molar-refractivity contribution in [2.45, 2.75) is 6.92 Å². The van der Waals surface area contributed by atoms with Gasteiger partial charge in [-0.3, -0.25) is 4.90 Å². The number of nitrogens with two attached hydrogens (primary N) is 1. The summed E-state index contributed by atoms with van der Waals surface area (Å²) >= 11 is 0. The molecule has 3 heterocycles. The van der Waals surface area contributed by atoms with Crippen molar-refractivity contribution < 1.29 is 14.1 Å². The van der Waals surface area contributed by atoms with Gasteiger partial charge in [0.2, 0.25) is 5.95 Å². The number of ether oxygens (including phenoxy) is 1. The van der Waals surface area contributed by atoms with Gasteiger partial charge in [0.15, 0.2) is 5.82 Å². The summed E-state index contributed by atoms with van der Waals surface area (Å²) in [4.78, 5) is 24.3. The Morgan fingerprint density at radius 1 is 1.18 bits per heavy atom. The van der Waals surface area contributed by atoms with E-state index in [0.29, 0.717) is 34.3 Å². The van der Waals surface area contributed by atoms with E-state index in [1.54, 1.807) is 43.6 Å². The molecule has 4 rings (SSSR count). The van der Waals surface area contributed by atoms with Gasteiger partial charge in [-0.2, -0.15) is 0 Å². The second-order valence-electron chi connectivity index (χ2n) is 7.45.